The molecule has 0 fully saturated rings. The molecule has 8 heteroatoms. The van der Waals surface area contributed by atoms with Gasteiger partial charge in [-0.05, 0) is 160 Å². The fraction of sp³-hybridized carbons (Fsp3) is 0.358. The predicted octanol–water partition coefficient (Wildman–Crippen LogP) is 15.5. The molecule has 0 saturated carbocycles. The summed E-state index contributed by atoms with van der Waals surface area (Å²) < 4.78 is 14.2. The van der Waals surface area contributed by atoms with E-state index in [2.05, 4.69) is 202 Å². The van der Waals surface area contributed by atoms with Crippen molar-refractivity contribution in [1.29, 1.82) is 0 Å². The van der Waals surface area contributed by atoms with Crippen molar-refractivity contribution in [2.24, 2.45) is 5.92 Å². The summed E-state index contributed by atoms with van der Waals surface area (Å²) in [4.78, 5) is 0. The lowest BCUT2D eigenvalue weighted by molar-refractivity contribution is 0.231. The summed E-state index contributed by atoms with van der Waals surface area (Å²) in [6.07, 6.45) is 9.57. The van der Waals surface area contributed by atoms with E-state index in [-0.39, 0.29) is 23.9 Å². The van der Waals surface area contributed by atoms with E-state index < -0.39 is 16.9 Å². The summed E-state index contributed by atoms with van der Waals surface area (Å²) in [5.74, 6) is 1.57. The molecule has 4 unspecified atom stereocenters. The Hall–Kier alpha value is -4.78. The molecular formula is C53H64N4O2P2. The third-order valence-corrected chi connectivity index (χ3v) is 14.6. The molecule has 3 aliphatic carbocycles. The molecule has 0 saturated heterocycles. The maximum atomic E-state index is 7.15. The number of benzene rings is 4. The largest absolute Gasteiger partial charge is 0.436 e. The van der Waals surface area contributed by atoms with Crippen LogP contribution >= 0.6 is 16.9 Å². The SMILES string of the molecule is CC1=C=C=C(NP(Nc2c(C(C)C)cc(C)c3c2-c2c(c(C)cc(C(C)C)c2NP(Nc2ccc(C)cc2C)Oc2ccc(C)cc2C)C3)OC2C=CC(C)=CC2C)C(C)=C1. The topological polar surface area (TPSA) is 66.6 Å². The molecular weight excluding hydrogens is 787 g/mol. The fourth-order valence-electron chi connectivity index (χ4n) is 8.66. The molecule has 0 amide bonds. The predicted molar refractivity (Wildman–Crippen MR) is 263 cm³/mol. The Morgan fingerprint density at radius 1 is 0.656 bits per heavy atom. The molecule has 61 heavy (non-hydrogen) atoms. The summed E-state index contributed by atoms with van der Waals surface area (Å²) in [6, 6.07) is 17.8. The second kappa shape index (κ2) is 18.3. The maximum Gasteiger partial charge on any atom is 0.304 e. The van der Waals surface area contributed by atoms with Gasteiger partial charge in [-0.2, -0.15) is 0 Å². The second-order valence-corrected chi connectivity index (χ2v) is 20.5. The van der Waals surface area contributed by atoms with Crippen molar-refractivity contribution in [2.75, 3.05) is 15.3 Å². The van der Waals surface area contributed by atoms with Crippen LogP contribution < -0.4 is 24.9 Å². The first kappa shape index (κ1) is 44.3. The molecule has 0 bridgehead atoms. The lowest BCUT2D eigenvalue weighted by atomic mass is 9.88. The lowest BCUT2D eigenvalue weighted by Crippen LogP contribution is -2.24. The number of aryl methyl sites for hydroxylation is 6. The number of hydrogen-bond acceptors (Lipinski definition) is 6. The van der Waals surface area contributed by atoms with E-state index >= 15 is 0 Å². The smallest absolute Gasteiger partial charge is 0.304 e. The minimum absolute atomic E-state index is 0.105. The second-order valence-electron chi connectivity index (χ2n) is 18.1. The highest BCUT2D eigenvalue weighted by Crippen LogP contribution is 2.56. The van der Waals surface area contributed by atoms with Crippen LogP contribution in [-0.4, -0.2) is 6.10 Å². The van der Waals surface area contributed by atoms with Crippen molar-refractivity contribution in [3.8, 4) is 16.9 Å². The summed E-state index contributed by atoms with van der Waals surface area (Å²) in [6.45, 7) is 30.9. The van der Waals surface area contributed by atoms with E-state index in [1.54, 1.807) is 0 Å². The van der Waals surface area contributed by atoms with E-state index in [0.717, 1.165) is 51.6 Å². The van der Waals surface area contributed by atoms with Crippen LogP contribution in [0.5, 0.6) is 5.75 Å². The third kappa shape index (κ3) is 9.66. The Balaban J connectivity index is 1.41. The number of fused-ring (bicyclic) bond motifs is 3. The van der Waals surface area contributed by atoms with Crippen LogP contribution in [0.2, 0.25) is 0 Å². The zero-order valence-electron chi connectivity index (χ0n) is 38.7. The van der Waals surface area contributed by atoms with Gasteiger partial charge in [0.05, 0.1) is 23.2 Å². The van der Waals surface area contributed by atoms with Gasteiger partial charge in [0.15, 0.2) is 0 Å². The highest BCUT2D eigenvalue weighted by molar-refractivity contribution is 7.56. The van der Waals surface area contributed by atoms with Crippen LogP contribution in [0.25, 0.3) is 11.1 Å². The lowest BCUT2D eigenvalue weighted by Gasteiger charge is -2.32. The summed E-state index contributed by atoms with van der Waals surface area (Å²) in [5.41, 5.74) is 29.4. The van der Waals surface area contributed by atoms with E-state index in [1.165, 1.54) is 66.8 Å². The molecule has 4 aromatic carbocycles. The van der Waals surface area contributed by atoms with Gasteiger partial charge in [-0.3, -0.25) is 0 Å². The number of allylic oxidation sites excluding steroid dienone is 5. The van der Waals surface area contributed by atoms with Gasteiger partial charge in [-0.15, -0.1) is 0 Å². The minimum Gasteiger partial charge on any atom is -0.436 e. The van der Waals surface area contributed by atoms with Crippen molar-refractivity contribution in [2.45, 2.75) is 121 Å². The molecule has 0 spiro atoms. The maximum absolute atomic E-state index is 7.15. The molecule has 0 heterocycles. The van der Waals surface area contributed by atoms with Crippen LogP contribution in [-0.2, 0) is 10.9 Å². The normalized spacial score (nSPS) is 17.6. The Bertz CT molecular complexity index is 2530. The minimum atomic E-state index is -1.48. The van der Waals surface area contributed by atoms with E-state index in [0.29, 0.717) is 0 Å². The average molecular weight is 851 g/mol. The van der Waals surface area contributed by atoms with Crippen molar-refractivity contribution in [1.82, 2.24) is 5.09 Å². The van der Waals surface area contributed by atoms with Crippen molar-refractivity contribution < 1.29 is 9.05 Å². The Labute approximate surface area is 368 Å². The average Bonchev–Trinajstić information content (AvgIpc) is 3.60. The molecule has 7 rings (SSSR count). The highest BCUT2D eigenvalue weighted by Gasteiger charge is 2.35. The van der Waals surface area contributed by atoms with Crippen LogP contribution in [0, 0.1) is 47.5 Å². The first-order chi connectivity index (χ1) is 29.0. The molecule has 0 aliphatic heterocycles. The molecule has 3 aliphatic rings. The number of anilines is 3. The summed E-state index contributed by atoms with van der Waals surface area (Å²) in [7, 11) is -2.94. The van der Waals surface area contributed by atoms with Crippen LogP contribution in [0.15, 0.2) is 107 Å². The Kier molecular flexibility index (Phi) is 13.3. The van der Waals surface area contributed by atoms with Gasteiger partial charge in [-0.25, -0.2) is 0 Å². The molecule has 318 valence electrons. The molecule has 4 atom stereocenters. The zero-order chi connectivity index (χ0) is 43.9. The highest BCUT2D eigenvalue weighted by atomic mass is 31.2. The molecule has 0 radical (unpaired) electrons. The van der Waals surface area contributed by atoms with Crippen molar-refractivity contribution in [3.05, 3.63) is 162 Å². The molecule has 0 aromatic heterocycles. The van der Waals surface area contributed by atoms with Gasteiger partial charge in [0.25, 0.3) is 0 Å². The summed E-state index contributed by atoms with van der Waals surface area (Å²) in [5, 5.41) is 15.9. The molecule has 6 nitrogen and oxygen atoms in total. The number of rotatable bonds is 14. The van der Waals surface area contributed by atoms with Crippen LogP contribution in [0.3, 0.4) is 0 Å². The van der Waals surface area contributed by atoms with Gasteiger partial charge in [0.2, 0.25) is 8.45 Å². The van der Waals surface area contributed by atoms with Gasteiger partial charge in [0.1, 0.15) is 5.75 Å². The van der Waals surface area contributed by atoms with Gasteiger partial charge >= 0.3 is 8.45 Å². The third-order valence-electron chi connectivity index (χ3n) is 12.0. The first-order valence-electron chi connectivity index (χ1n) is 21.7. The van der Waals surface area contributed by atoms with Gasteiger partial charge in [-0.1, -0.05) is 112 Å². The van der Waals surface area contributed by atoms with Crippen molar-refractivity contribution >= 4 is 34.0 Å². The summed E-state index contributed by atoms with van der Waals surface area (Å²) >= 11 is 0. The molecule has 4 N–H and O–H groups in total. The first-order valence-corrected chi connectivity index (χ1v) is 24.3. The van der Waals surface area contributed by atoms with Gasteiger partial charge in [0, 0.05) is 22.7 Å². The quantitative estimate of drug-likeness (QED) is 0.0659. The standard InChI is InChI=1S/C53H64N4O2P2/c1-30(2)42-27-36(9)44-29-45-37(10)28-43(31(3)4)53(57-61(55-47-20-16-33(6)24-39(47)12)59-49-22-18-35(8)26-41(49)14)51(45)50(44)52(42)56-60(54-46-19-15-32(5)23-38(46)11)58-48-21-17-34(7)25-40(48)13/h15,17-19,21-28,30-31,41,49,54-57H,29H2,1-14H3. The van der Waals surface area contributed by atoms with Crippen molar-refractivity contribution in [3.63, 3.8) is 0 Å². The van der Waals surface area contributed by atoms with E-state index in [9.17, 15) is 0 Å². The van der Waals surface area contributed by atoms with E-state index in [4.69, 9.17) is 9.05 Å². The van der Waals surface area contributed by atoms with Gasteiger partial charge < -0.3 is 29.4 Å². The van der Waals surface area contributed by atoms with Crippen LogP contribution in [0.4, 0.5) is 17.1 Å². The number of hydrogen-bond donors (Lipinski definition) is 4. The van der Waals surface area contributed by atoms with E-state index in [1.807, 2.05) is 0 Å². The van der Waals surface area contributed by atoms with Crippen LogP contribution in [0.1, 0.15) is 123 Å². The fourth-order valence-corrected chi connectivity index (χ4v) is 11.7. The molecule has 4 aromatic rings. The Morgan fingerprint density at radius 3 is 1.80 bits per heavy atom. The number of nitrogens with one attached hydrogen (secondary N) is 4. The zero-order valence-corrected chi connectivity index (χ0v) is 40.4. The Morgan fingerprint density at radius 2 is 1.25 bits per heavy atom. The monoisotopic (exact) mass is 850 g/mol.